The molecule has 1 nitrogen and oxygen atoms in total. The molecule has 0 unspecified atom stereocenters. The second kappa shape index (κ2) is 12.5. The zero-order valence-electron chi connectivity index (χ0n) is 9.12. The molecule has 0 aromatic heterocycles. The Labute approximate surface area is 120 Å². The van der Waals surface area contributed by atoms with E-state index in [0.717, 1.165) is 32.5 Å². The van der Waals surface area contributed by atoms with Crippen LogP contribution < -0.4 is 17.0 Å². The molecule has 3 heteroatoms. The molecule has 0 radical (unpaired) electrons. The summed E-state index contributed by atoms with van der Waals surface area (Å²) in [6.07, 6.45) is 3.29. The molecule has 0 heterocycles. The first-order valence-electron chi connectivity index (χ1n) is 4.84. The topological polar surface area (TPSA) is 9.23 Å². The first kappa shape index (κ1) is 17.8. The van der Waals surface area contributed by atoms with Crippen molar-refractivity contribution < 1.29 is 21.7 Å². The number of unbranched alkanes of at least 4 members (excludes halogenated alkanes) is 2. The van der Waals surface area contributed by atoms with Crippen molar-refractivity contribution in [3.63, 3.8) is 0 Å². The van der Waals surface area contributed by atoms with Gasteiger partial charge in [-0.1, -0.05) is 36.8 Å². The molecule has 0 fully saturated rings. The molecule has 0 aliphatic heterocycles. The summed E-state index contributed by atoms with van der Waals surface area (Å²) in [4.78, 5) is 0. The summed E-state index contributed by atoms with van der Waals surface area (Å²) >= 11 is 0. The Morgan fingerprint density at radius 3 is 2.33 bits per heavy atom. The Balaban J connectivity index is 0. The maximum Gasteiger partial charge on any atom is 2.00 e. The molecular formula is C12H17BrMgO. The average Bonchev–Trinajstić information content (AvgIpc) is 2.19. The van der Waals surface area contributed by atoms with Crippen LogP contribution in [0.1, 0.15) is 24.8 Å². The number of benzene rings is 1. The zero-order valence-corrected chi connectivity index (χ0v) is 12.1. The van der Waals surface area contributed by atoms with E-state index in [1.54, 1.807) is 0 Å². The molecule has 0 aliphatic rings. The first-order chi connectivity index (χ1) is 6.43. The largest absolute Gasteiger partial charge is 2.00 e. The van der Waals surface area contributed by atoms with Gasteiger partial charge in [-0.2, -0.15) is 6.42 Å². The fraction of sp³-hybridized carbons (Fsp3) is 0.417. The molecule has 0 bridgehead atoms. The Morgan fingerprint density at radius 2 is 1.73 bits per heavy atom. The molecule has 0 spiro atoms. The maximum atomic E-state index is 5.49. The van der Waals surface area contributed by atoms with Gasteiger partial charge in [0.05, 0.1) is 6.61 Å². The van der Waals surface area contributed by atoms with Crippen LogP contribution in [0, 0.1) is 6.92 Å². The summed E-state index contributed by atoms with van der Waals surface area (Å²) in [5.41, 5.74) is 1.25. The van der Waals surface area contributed by atoms with Gasteiger partial charge < -0.3 is 28.6 Å². The van der Waals surface area contributed by atoms with Gasteiger partial charge in [0.2, 0.25) is 0 Å². The van der Waals surface area contributed by atoms with Crippen LogP contribution in [0.5, 0.6) is 0 Å². The van der Waals surface area contributed by atoms with Crippen molar-refractivity contribution in [2.24, 2.45) is 0 Å². The third-order valence-corrected chi connectivity index (χ3v) is 1.90. The van der Waals surface area contributed by atoms with Gasteiger partial charge in [0, 0.05) is 6.61 Å². The van der Waals surface area contributed by atoms with Crippen LogP contribution in [0.25, 0.3) is 0 Å². The smallest absolute Gasteiger partial charge is 1.00 e. The quantitative estimate of drug-likeness (QED) is 0.400. The summed E-state index contributed by atoms with van der Waals surface area (Å²) in [5, 5.41) is 0. The molecule has 0 atom stereocenters. The third-order valence-electron chi connectivity index (χ3n) is 1.90. The third kappa shape index (κ3) is 9.36. The van der Waals surface area contributed by atoms with E-state index in [2.05, 4.69) is 19.1 Å². The summed E-state index contributed by atoms with van der Waals surface area (Å²) in [5.74, 6) is 0. The molecule has 1 aromatic rings. The normalized spacial score (nSPS) is 8.87. The van der Waals surface area contributed by atoms with E-state index in [9.17, 15) is 0 Å². The summed E-state index contributed by atoms with van der Waals surface area (Å²) in [6.45, 7) is 5.37. The average molecular weight is 281 g/mol. The minimum absolute atomic E-state index is 0. The van der Waals surface area contributed by atoms with Crippen LogP contribution in [0.3, 0.4) is 0 Å². The van der Waals surface area contributed by atoms with Gasteiger partial charge in [-0.3, -0.25) is 0 Å². The van der Waals surface area contributed by atoms with Crippen molar-refractivity contribution in [1.82, 2.24) is 0 Å². The van der Waals surface area contributed by atoms with Crippen LogP contribution in [0.2, 0.25) is 0 Å². The molecule has 1 aromatic carbocycles. The Hall–Kier alpha value is 0.426. The summed E-state index contributed by atoms with van der Waals surface area (Å²) in [7, 11) is 0. The second-order valence-corrected chi connectivity index (χ2v) is 3.10. The fourth-order valence-corrected chi connectivity index (χ4v) is 1.15. The van der Waals surface area contributed by atoms with Crippen LogP contribution in [-0.2, 0) is 11.3 Å². The van der Waals surface area contributed by atoms with Crippen molar-refractivity contribution in [1.29, 1.82) is 0 Å². The Bertz CT molecular complexity index is 216. The Kier molecular flexibility index (Phi) is 14.8. The minimum atomic E-state index is 0. The van der Waals surface area contributed by atoms with Crippen molar-refractivity contribution in [2.75, 3.05) is 6.61 Å². The molecule has 0 saturated heterocycles. The molecule has 80 valence electrons. The molecule has 15 heavy (non-hydrogen) atoms. The van der Waals surface area contributed by atoms with Gasteiger partial charge in [0.15, 0.2) is 0 Å². The fourth-order valence-electron chi connectivity index (χ4n) is 1.15. The van der Waals surface area contributed by atoms with Crippen molar-refractivity contribution in [2.45, 2.75) is 25.9 Å². The molecule has 1 rings (SSSR count). The van der Waals surface area contributed by atoms with E-state index in [1.165, 1.54) is 5.56 Å². The number of hydrogen-bond donors (Lipinski definition) is 0. The van der Waals surface area contributed by atoms with Gasteiger partial charge in [0.1, 0.15) is 0 Å². The number of rotatable bonds is 6. The standard InChI is InChI=1S/C12H17O.BrH.Mg/c1-2-3-7-10-13-11-12-8-5-4-6-9-12;;/h4-6,8-9H,1-3,7,10-11H2;1H;/q-1;;+2/p-1. The first-order valence-corrected chi connectivity index (χ1v) is 4.84. The SMILES string of the molecule is [Br-].[CH2-]CCCCOCc1ccccc1.[Mg+2]. The second-order valence-electron chi connectivity index (χ2n) is 3.10. The van der Waals surface area contributed by atoms with E-state index < -0.39 is 0 Å². The predicted molar refractivity (Wildman–Crippen MR) is 61.1 cm³/mol. The number of halogens is 1. The van der Waals surface area contributed by atoms with Gasteiger partial charge in [-0.05, 0) is 12.0 Å². The van der Waals surface area contributed by atoms with Crippen LogP contribution in [0.4, 0.5) is 0 Å². The zero-order chi connectivity index (χ0) is 9.36. The summed E-state index contributed by atoms with van der Waals surface area (Å²) < 4.78 is 5.49. The van der Waals surface area contributed by atoms with Crippen molar-refractivity contribution >= 4 is 23.1 Å². The number of hydrogen-bond acceptors (Lipinski definition) is 1. The van der Waals surface area contributed by atoms with E-state index in [0.29, 0.717) is 0 Å². The predicted octanol–water partition coefficient (Wildman–Crippen LogP) is -0.169. The maximum absolute atomic E-state index is 5.49. The van der Waals surface area contributed by atoms with Crippen LogP contribution in [-0.4, -0.2) is 29.7 Å². The van der Waals surface area contributed by atoms with Gasteiger partial charge in [-0.25, -0.2) is 0 Å². The van der Waals surface area contributed by atoms with Crippen molar-refractivity contribution in [3.05, 3.63) is 42.8 Å². The monoisotopic (exact) mass is 280 g/mol. The van der Waals surface area contributed by atoms with Crippen LogP contribution >= 0.6 is 0 Å². The Morgan fingerprint density at radius 1 is 1.07 bits per heavy atom. The minimum Gasteiger partial charge on any atom is -1.00 e. The van der Waals surface area contributed by atoms with Crippen LogP contribution in [0.15, 0.2) is 30.3 Å². The molecular weight excluding hydrogens is 264 g/mol. The molecule has 0 aliphatic carbocycles. The van der Waals surface area contributed by atoms with E-state index >= 15 is 0 Å². The van der Waals surface area contributed by atoms with Gasteiger partial charge >= 0.3 is 23.1 Å². The van der Waals surface area contributed by atoms with E-state index in [4.69, 9.17) is 4.74 Å². The van der Waals surface area contributed by atoms with Gasteiger partial charge in [-0.15, -0.1) is 0 Å². The molecule has 0 saturated carbocycles. The summed E-state index contributed by atoms with van der Waals surface area (Å²) in [6, 6.07) is 10.3. The number of ether oxygens (including phenoxy) is 1. The molecule has 0 N–H and O–H groups in total. The molecule has 0 amide bonds. The van der Waals surface area contributed by atoms with E-state index in [-0.39, 0.29) is 40.0 Å². The van der Waals surface area contributed by atoms with E-state index in [1.807, 2.05) is 18.2 Å². The van der Waals surface area contributed by atoms with Gasteiger partial charge in [0.25, 0.3) is 0 Å². The van der Waals surface area contributed by atoms with Crippen molar-refractivity contribution in [3.8, 4) is 0 Å².